The lowest BCUT2D eigenvalue weighted by Crippen LogP contribution is -2.27. The van der Waals surface area contributed by atoms with Gasteiger partial charge in [0.1, 0.15) is 6.54 Å². The Bertz CT molecular complexity index is 950. The predicted octanol–water partition coefficient (Wildman–Crippen LogP) is 1.37. The lowest BCUT2D eigenvalue weighted by atomic mass is 10.2. The number of nitrogens with one attached hydrogen (secondary N) is 1. The Balaban J connectivity index is 1.81. The van der Waals surface area contributed by atoms with Crippen LogP contribution in [0.4, 0.5) is 0 Å². The fraction of sp³-hybridized carbons (Fsp3) is 0.125. The van der Waals surface area contributed by atoms with E-state index in [0.717, 1.165) is 4.88 Å². The van der Waals surface area contributed by atoms with Crippen molar-refractivity contribution < 1.29 is 9.32 Å². The first-order valence-electron chi connectivity index (χ1n) is 6.96. The molecule has 7 nitrogen and oxygen atoms in total. The van der Waals surface area contributed by atoms with E-state index in [1.54, 1.807) is 0 Å². The highest BCUT2D eigenvalue weighted by Crippen LogP contribution is 2.21. The van der Waals surface area contributed by atoms with Crippen LogP contribution in [0, 0.1) is 12.3 Å². The van der Waals surface area contributed by atoms with Gasteiger partial charge in [-0.3, -0.25) is 9.59 Å². The van der Waals surface area contributed by atoms with E-state index in [1.165, 1.54) is 34.2 Å². The van der Waals surface area contributed by atoms with Crippen LogP contribution in [0.1, 0.15) is 16.2 Å². The molecule has 3 rings (SSSR count). The van der Waals surface area contributed by atoms with Crippen molar-refractivity contribution in [2.45, 2.75) is 6.54 Å². The highest BCUT2D eigenvalue weighted by atomic mass is 32.1. The van der Waals surface area contributed by atoms with Crippen molar-refractivity contribution >= 4 is 17.2 Å². The third-order valence-electron chi connectivity index (χ3n) is 3.11. The highest BCUT2D eigenvalue weighted by molar-refractivity contribution is 7.13. The predicted molar refractivity (Wildman–Crippen MR) is 88.6 cm³/mol. The van der Waals surface area contributed by atoms with Gasteiger partial charge in [-0.2, -0.15) is 4.98 Å². The molecule has 0 bridgehead atoms. The van der Waals surface area contributed by atoms with Crippen LogP contribution in [0.5, 0.6) is 0 Å². The van der Waals surface area contributed by atoms with Gasteiger partial charge in [-0.05, 0) is 17.5 Å². The van der Waals surface area contributed by atoms with Crippen molar-refractivity contribution in [2.24, 2.45) is 0 Å². The van der Waals surface area contributed by atoms with Gasteiger partial charge in [-0.25, -0.2) is 0 Å². The maximum absolute atomic E-state index is 12.0. The Labute approximate surface area is 140 Å². The molecule has 0 spiro atoms. The van der Waals surface area contributed by atoms with Crippen LogP contribution in [0.2, 0.25) is 0 Å². The second kappa shape index (κ2) is 6.93. The average Bonchev–Trinajstić information content (AvgIpc) is 3.25. The summed E-state index contributed by atoms with van der Waals surface area (Å²) >= 11 is 1.49. The third-order valence-corrected chi connectivity index (χ3v) is 3.98. The largest absolute Gasteiger partial charge is 0.341 e. The Morgan fingerprint density at radius 2 is 2.29 bits per heavy atom. The number of carbonyl (C=O) groups is 1. The van der Waals surface area contributed by atoms with Crippen LogP contribution in [-0.2, 0) is 6.54 Å². The van der Waals surface area contributed by atoms with Crippen LogP contribution in [-0.4, -0.2) is 27.2 Å². The molecule has 0 atom stereocenters. The number of hydrogen-bond donors (Lipinski definition) is 1. The molecule has 8 heteroatoms. The maximum Gasteiger partial charge on any atom is 0.253 e. The van der Waals surface area contributed by atoms with Crippen molar-refractivity contribution in [3.63, 3.8) is 0 Å². The summed E-state index contributed by atoms with van der Waals surface area (Å²) < 4.78 is 6.50. The van der Waals surface area contributed by atoms with Gasteiger partial charge in [0.2, 0.25) is 11.7 Å². The van der Waals surface area contributed by atoms with E-state index in [9.17, 15) is 9.59 Å². The van der Waals surface area contributed by atoms with E-state index in [4.69, 9.17) is 10.9 Å². The minimum Gasteiger partial charge on any atom is -0.341 e. The number of rotatable bonds is 5. The zero-order chi connectivity index (χ0) is 16.9. The topological polar surface area (TPSA) is 90.0 Å². The van der Waals surface area contributed by atoms with E-state index in [-0.39, 0.29) is 30.4 Å². The number of terminal acetylenes is 1. The molecule has 0 aliphatic rings. The number of nitrogens with zero attached hydrogens (tertiary/aromatic N) is 3. The zero-order valence-electron chi connectivity index (χ0n) is 12.4. The summed E-state index contributed by atoms with van der Waals surface area (Å²) in [6, 6.07) is 6.51. The first-order chi connectivity index (χ1) is 11.7. The molecule has 1 N–H and O–H groups in total. The van der Waals surface area contributed by atoms with E-state index in [1.807, 2.05) is 17.5 Å². The van der Waals surface area contributed by atoms with E-state index in [0.29, 0.717) is 11.4 Å². The molecule has 0 unspecified atom stereocenters. The molecular weight excluding hydrogens is 328 g/mol. The molecule has 0 saturated heterocycles. The zero-order valence-corrected chi connectivity index (χ0v) is 13.2. The fourth-order valence-corrected chi connectivity index (χ4v) is 2.64. The molecule has 0 aliphatic heterocycles. The van der Waals surface area contributed by atoms with Crippen molar-refractivity contribution in [2.75, 3.05) is 6.54 Å². The second-order valence-electron chi connectivity index (χ2n) is 4.76. The smallest absolute Gasteiger partial charge is 0.253 e. The van der Waals surface area contributed by atoms with E-state index >= 15 is 0 Å². The molecule has 0 aromatic carbocycles. The number of hydrogen-bond acceptors (Lipinski definition) is 6. The minimum absolute atomic E-state index is 0.0769. The molecule has 120 valence electrons. The van der Waals surface area contributed by atoms with Gasteiger partial charge in [-0.15, -0.1) is 17.8 Å². The minimum atomic E-state index is -0.355. The number of aromatic nitrogens is 3. The number of thiophene rings is 1. The lowest BCUT2D eigenvalue weighted by molar-refractivity contribution is 0.0958. The van der Waals surface area contributed by atoms with Gasteiger partial charge in [0, 0.05) is 12.3 Å². The van der Waals surface area contributed by atoms with Gasteiger partial charge in [0.05, 0.1) is 17.0 Å². The summed E-state index contributed by atoms with van der Waals surface area (Å²) in [6.07, 6.45) is 6.54. The Morgan fingerprint density at radius 1 is 1.42 bits per heavy atom. The standard InChI is InChI=1S/C16H12N4O3S/c1-2-7-17-16(22)11-5-6-14(21)20(9-11)10-13-18-15(19-23-13)12-4-3-8-24-12/h1,3-6,8-9H,7,10H2,(H,17,22). The number of pyridine rings is 1. The van der Waals surface area contributed by atoms with Gasteiger partial charge in [0.25, 0.3) is 11.5 Å². The Morgan fingerprint density at radius 3 is 3.04 bits per heavy atom. The molecule has 3 heterocycles. The van der Waals surface area contributed by atoms with Crippen molar-refractivity contribution in [1.82, 2.24) is 20.0 Å². The normalized spacial score (nSPS) is 10.3. The van der Waals surface area contributed by atoms with E-state index < -0.39 is 0 Å². The summed E-state index contributed by atoms with van der Waals surface area (Å²) in [5.74, 6) is 2.71. The van der Waals surface area contributed by atoms with Crippen molar-refractivity contribution in [1.29, 1.82) is 0 Å². The third kappa shape index (κ3) is 3.42. The van der Waals surface area contributed by atoms with Crippen LogP contribution in [0.3, 0.4) is 0 Å². The van der Waals surface area contributed by atoms with Crippen LogP contribution >= 0.6 is 11.3 Å². The van der Waals surface area contributed by atoms with Crippen LogP contribution in [0.25, 0.3) is 10.7 Å². The Kier molecular flexibility index (Phi) is 4.54. The summed E-state index contributed by atoms with van der Waals surface area (Å²) in [6.45, 7) is 0.194. The summed E-state index contributed by atoms with van der Waals surface area (Å²) in [5, 5.41) is 8.34. The molecule has 1 amide bonds. The number of amides is 1. The van der Waals surface area contributed by atoms with Gasteiger partial charge >= 0.3 is 0 Å². The van der Waals surface area contributed by atoms with Crippen molar-refractivity contribution in [3.8, 4) is 23.0 Å². The van der Waals surface area contributed by atoms with Crippen molar-refractivity contribution in [3.05, 3.63) is 57.7 Å². The summed E-state index contributed by atoms with van der Waals surface area (Å²) in [7, 11) is 0. The van der Waals surface area contributed by atoms with Crippen LogP contribution < -0.4 is 10.9 Å². The van der Waals surface area contributed by atoms with Crippen LogP contribution in [0.15, 0.2) is 45.2 Å². The molecule has 0 fully saturated rings. The molecule has 0 radical (unpaired) electrons. The van der Waals surface area contributed by atoms with Gasteiger partial charge in [-0.1, -0.05) is 17.1 Å². The second-order valence-corrected chi connectivity index (χ2v) is 5.71. The Hall–Kier alpha value is -3.18. The molecule has 0 aliphatic carbocycles. The average molecular weight is 340 g/mol. The first-order valence-corrected chi connectivity index (χ1v) is 7.84. The molecular formula is C16H12N4O3S. The highest BCUT2D eigenvalue weighted by Gasteiger charge is 2.12. The maximum atomic E-state index is 12.0. The van der Waals surface area contributed by atoms with Gasteiger partial charge < -0.3 is 14.4 Å². The monoisotopic (exact) mass is 340 g/mol. The summed E-state index contributed by atoms with van der Waals surface area (Å²) in [4.78, 5) is 29.0. The van der Waals surface area contributed by atoms with Gasteiger partial charge in [0.15, 0.2) is 0 Å². The molecule has 24 heavy (non-hydrogen) atoms. The fourth-order valence-electron chi connectivity index (χ4n) is 1.99. The number of carbonyl (C=O) groups excluding carboxylic acids is 1. The SMILES string of the molecule is C#CCNC(=O)c1ccc(=O)n(Cc2nc(-c3cccs3)no2)c1. The molecule has 3 aromatic heterocycles. The molecule has 3 aromatic rings. The first kappa shape index (κ1) is 15.7. The van der Waals surface area contributed by atoms with E-state index in [2.05, 4.69) is 21.4 Å². The lowest BCUT2D eigenvalue weighted by Gasteiger charge is -2.05. The quantitative estimate of drug-likeness (QED) is 0.709. The molecule has 0 saturated carbocycles. The summed E-state index contributed by atoms with van der Waals surface area (Å²) in [5.41, 5.74) is 0.0437.